The largest absolute Gasteiger partial charge is 0.358 e. The second kappa shape index (κ2) is 6.34. The summed E-state index contributed by atoms with van der Waals surface area (Å²) in [6.07, 6.45) is 5.70. The molecule has 0 fully saturated rings. The van der Waals surface area contributed by atoms with Crippen molar-refractivity contribution in [3.05, 3.63) is 76.1 Å². The minimum absolute atomic E-state index is 0.160. The molecule has 5 heteroatoms. The molecule has 1 N–H and O–H groups in total. The lowest BCUT2D eigenvalue weighted by atomic mass is 9.97. The van der Waals surface area contributed by atoms with E-state index in [1.54, 1.807) is 16.8 Å². The molecule has 0 unspecified atom stereocenters. The van der Waals surface area contributed by atoms with Crippen LogP contribution in [0, 0.1) is 0 Å². The first-order valence-corrected chi connectivity index (χ1v) is 9.14. The lowest BCUT2D eigenvalue weighted by Crippen LogP contribution is -2.21. The van der Waals surface area contributed by atoms with Crippen LogP contribution in [0.4, 0.5) is 4.39 Å². The van der Waals surface area contributed by atoms with E-state index in [1.165, 1.54) is 37.3 Å². The smallest absolute Gasteiger partial charge is 0.260 e. The first-order chi connectivity index (χ1) is 12.9. The van der Waals surface area contributed by atoms with Gasteiger partial charge in [-0.15, -0.1) is 0 Å². The lowest BCUT2D eigenvalue weighted by Gasteiger charge is -2.17. The van der Waals surface area contributed by atoms with Crippen LogP contribution in [0.5, 0.6) is 0 Å². The molecule has 27 heavy (non-hydrogen) atoms. The van der Waals surface area contributed by atoms with Gasteiger partial charge in [0, 0.05) is 35.4 Å². The Bertz CT molecular complexity index is 1200. The van der Waals surface area contributed by atoms with Crippen molar-refractivity contribution in [2.24, 2.45) is 0 Å². The molecular weight excluding hydrogens is 341 g/mol. The number of pyridine rings is 2. The number of nitrogens with one attached hydrogen (secondary N) is 1. The third-order valence-electron chi connectivity index (χ3n) is 5.02. The van der Waals surface area contributed by atoms with E-state index in [0.29, 0.717) is 22.9 Å². The number of fused-ring (bicyclic) bond motifs is 2. The second-order valence-corrected chi connectivity index (χ2v) is 7.44. The summed E-state index contributed by atoms with van der Waals surface area (Å²) in [4.78, 5) is 20.4. The fraction of sp³-hybridized carbons (Fsp3) is 0.273. The van der Waals surface area contributed by atoms with Gasteiger partial charge in [-0.2, -0.15) is 0 Å². The van der Waals surface area contributed by atoms with E-state index in [0.717, 1.165) is 17.5 Å². The quantitative estimate of drug-likeness (QED) is 0.572. The maximum atomic E-state index is 14.5. The number of alkyl halides is 1. The molecule has 0 aliphatic heterocycles. The molecule has 0 aliphatic rings. The first-order valence-electron chi connectivity index (χ1n) is 9.14. The molecule has 0 saturated heterocycles. The van der Waals surface area contributed by atoms with Crippen molar-refractivity contribution < 1.29 is 4.39 Å². The van der Waals surface area contributed by atoms with Crippen molar-refractivity contribution >= 4 is 21.7 Å². The van der Waals surface area contributed by atoms with E-state index < -0.39 is 5.67 Å². The zero-order chi connectivity index (χ0) is 19.2. The van der Waals surface area contributed by atoms with Crippen molar-refractivity contribution in [2.45, 2.75) is 39.4 Å². The molecule has 0 radical (unpaired) electrons. The Hall–Kier alpha value is -2.95. The standard InChI is InChI=1S/C22H22FN3O/c1-4-16-10-15-6-5-14(9-20(15)25-16)13-26-8-7-17-18(21(26)27)11-24-12-19(17)22(2,3)23/h5-12,25H,4,13H2,1-3H3. The lowest BCUT2D eigenvalue weighted by molar-refractivity contribution is 0.223. The Balaban J connectivity index is 1.76. The molecular formula is C22H22FN3O. The summed E-state index contributed by atoms with van der Waals surface area (Å²) in [5.41, 5.74) is 2.01. The highest BCUT2D eigenvalue weighted by atomic mass is 19.1. The van der Waals surface area contributed by atoms with Gasteiger partial charge in [-0.25, -0.2) is 4.39 Å². The van der Waals surface area contributed by atoms with E-state index in [2.05, 4.69) is 35.1 Å². The number of hydrogen-bond acceptors (Lipinski definition) is 2. The van der Waals surface area contributed by atoms with Crippen LogP contribution in [-0.4, -0.2) is 14.5 Å². The van der Waals surface area contributed by atoms with Crippen LogP contribution < -0.4 is 5.56 Å². The first kappa shape index (κ1) is 17.5. The fourth-order valence-corrected chi connectivity index (χ4v) is 3.53. The number of halogens is 1. The Morgan fingerprint density at radius 2 is 1.96 bits per heavy atom. The highest BCUT2D eigenvalue weighted by molar-refractivity contribution is 5.84. The van der Waals surface area contributed by atoms with Crippen LogP contribution in [0.25, 0.3) is 21.7 Å². The third-order valence-corrected chi connectivity index (χ3v) is 5.02. The monoisotopic (exact) mass is 363 g/mol. The second-order valence-electron chi connectivity index (χ2n) is 7.44. The summed E-state index contributed by atoms with van der Waals surface area (Å²) < 4.78 is 16.1. The van der Waals surface area contributed by atoms with Gasteiger partial charge in [0.05, 0.1) is 11.9 Å². The molecule has 0 spiro atoms. The van der Waals surface area contributed by atoms with Gasteiger partial charge in [0.2, 0.25) is 0 Å². The molecule has 4 nitrogen and oxygen atoms in total. The van der Waals surface area contributed by atoms with E-state index in [-0.39, 0.29) is 5.56 Å². The Kier molecular flexibility index (Phi) is 4.10. The third kappa shape index (κ3) is 3.14. The summed E-state index contributed by atoms with van der Waals surface area (Å²) in [6, 6.07) is 10.1. The number of aromatic amines is 1. The van der Waals surface area contributed by atoms with Crippen LogP contribution in [-0.2, 0) is 18.6 Å². The number of rotatable bonds is 4. The van der Waals surface area contributed by atoms with Crippen LogP contribution in [0.2, 0.25) is 0 Å². The molecule has 3 heterocycles. The van der Waals surface area contributed by atoms with Crippen molar-refractivity contribution in [1.82, 2.24) is 14.5 Å². The molecule has 0 saturated carbocycles. The van der Waals surface area contributed by atoms with Crippen molar-refractivity contribution in [3.8, 4) is 0 Å². The average molecular weight is 363 g/mol. The van der Waals surface area contributed by atoms with Crippen molar-refractivity contribution in [3.63, 3.8) is 0 Å². The van der Waals surface area contributed by atoms with Gasteiger partial charge in [-0.05, 0) is 54.8 Å². The number of nitrogens with zero attached hydrogens (tertiary/aromatic N) is 2. The minimum Gasteiger partial charge on any atom is -0.358 e. The summed E-state index contributed by atoms with van der Waals surface area (Å²) >= 11 is 0. The van der Waals surface area contributed by atoms with E-state index >= 15 is 0 Å². The van der Waals surface area contributed by atoms with Crippen molar-refractivity contribution in [1.29, 1.82) is 0 Å². The van der Waals surface area contributed by atoms with Gasteiger partial charge in [-0.1, -0.05) is 19.1 Å². The Morgan fingerprint density at radius 1 is 1.15 bits per heavy atom. The van der Waals surface area contributed by atoms with E-state index in [1.807, 2.05) is 6.07 Å². The predicted octanol–water partition coefficient (Wildman–Crippen LogP) is 4.69. The minimum atomic E-state index is -1.55. The number of benzene rings is 1. The molecule has 1 aromatic carbocycles. The summed E-state index contributed by atoms with van der Waals surface area (Å²) in [5, 5.41) is 2.22. The molecule has 0 amide bonds. The SMILES string of the molecule is CCc1cc2ccc(Cn3ccc4c(C(C)(C)F)cncc4c3=O)cc2[nH]1. The molecule has 138 valence electrons. The highest BCUT2D eigenvalue weighted by Crippen LogP contribution is 2.29. The van der Waals surface area contributed by atoms with Gasteiger partial charge >= 0.3 is 0 Å². The van der Waals surface area contributed by atoms with Gasteiger partial charge in [0.25, 0.3) is 5.56 Å². The number of hydrogen-bond donors (Lipinski definition) is 1. The maximum Gasteiger partial charge on any atom is 0.260 e. The Morgan fingerprint density at radius 3 is 2.70 bits per heavy atom. The van der Waals surface area contributed by atoms with E-state index in [4.69, 9.17) is 0 Å². The topological polar surface area (TPSA) is 50.7 Å². The van der Waals surface area contributed by atoms with Gasteiger partial charge in [0.1, 0.15) is 5.67 Å². The number of H-pyrrole nitrogens is 1. The number of aromatic nitrogens is 3. The van der Waals surface area contributed by atoms with Gasteiger partial charge in [0.15, 0.2) is 0 Å². The highest BCUT2D eigenvalue weighted by Gasteiger charge is 2.22. The zero-order valence-electron chi connectivity index (χ0n) is 15.7. The predicted molar refractivity (Wildman–Crippen MR) is 107 cm³/mol. The zero-order valence-corrected chi connectivity index (χ0v) is 15.7. The molecule has 3 aromatic heterocycles. The molecule has 0 bridgehead atoms. The van der Waals surface area contributed by atoms with Crippen LogP contribution in [0.3, 0.4) is 0 Å². The fourth-order valence-electron chi connectivity index (χ4n) is 3.53. The molecule has 0 atom stereocenters. The number of aryl methyl sites for hydroxylation is 1. The van der Waals surface area contributed by atoms with Crippen LogP contribution >= 0.6 is 0 Å². The Labute approximate surface area is 156 Å². The van der Waals surface area contributed by atoms with Crippen LogP contribution in [0.15, 0.2) is 53.7 Å². The summed E-state index contributed by atoms with van der Waals surface area (Å²) in [5.74, 6) is 0. The van der Waals surface area contributed by atoms with E-state index in [9.17, 15) is 9.18 Å². The van der Waals surface area contributed by atoms with Gasteiger partial charge < -0.3 is 9.55 Å². The maximum absolute atomic E-state index is 14.5. The average Bonchev–Trinajstić information content (AvgIpc) is 3.05. The summed E-state index contributed by atoms with van der Waals surface area (Å²) in [7, 11) is 0. The molecule has 0 aliphatic carbocycles. The molecule has 4 rings (SSSR count). The van der Waals surface area contributed by atoms with Crippen LogP contribution in [0.1, 0.15) is 37.6 Å². The molecule has 4 aromatic rings. The van der Waals surface area contributed by atoms with Crippen molar-refractivity contribution in [2.75, 3.05) is 0 Å². The van der Waals surface area contributed by atoms with Gasteiger partial charge in [-0.3, -0.25) is 9.78 Å². The summed E-state index contributed by atoms with van der Waals surface area (Å²) in [6.45, 7) is 5.52. The normalized spacial score (nSPS) is 12.1.